The van der Waals surface area contributed by atoms with Crippen LogP contribution in [0.5, 0.6) is 0 Å². The number of hydrogen-bond acceptors (Lipinski definition) is 3. The van der Waals surface area contributed by atoms with Crippen LogP contribution in [0, 0.1) is 12.7 Å². The Morgan fingerprint density at radius 1 is 0.848 bits per heavy atom. The first-order valence-electron chi connectivity index (χ1n) is 10.7. The maximum atomic E-state index is 13.7. The zero-order valence-electron chi connectivity index (χ0n) is 18.3. The molecule has 4 aromatic rings. The van der Waals surface area contributed by atoms with Crippen molar-refractivity contribution in [1.29, 1.82) is 0 Å². The molecule has 0 bridgehead atoms. The third-order valence-corrected chi connectivity index (χ3v) is 5.59. The Hall–Kier alpha value is -4.00. The maximum absolute atomic E-state index is 13.7. The SMILES string of the molecule is Cc1ccc(Cn2c(=O)c(=O)n(CCC(=O)NCc3ccccc3F)c3ccccc32)cc1. The second kappa shape index (κ2) is 9.65. The van der Waals surface area contributed by atoms with Gasteiger partial charge < -0.3 is 9.88 Å². The number of benzene rings is 3. The first kappa shape index (κ1) is 22.2. The quantitative estimate of drug-likeness (QED) is 0.444. The largest absolute Gasteiger partial charge is 0.352 e. The minimum absolute atomic E-state index is 0.0141. The van der Waals surface area contributed by atoms with Crippen LogP contribution in [0.1, 0.15) is 23.1 Å². The summed E-state index contributed by atoms with van der Waals surface area (Å²) in [5.41, 5.74) is 2.29. The first-order valence-corrected chi connectivity index (χ1v) is 10.7. The van der Waals surface area contributed by atoms with Crippen molar-refractivity contribution in [2.75, 3.05) is 0 Å². The van der Waals surface area contributed by atoms with Gasteiger partial charge in [-0.3, -0.25) is 19.0 Å². The van der Waals surface area contributed by atoms with Gasteiger partial charge in [-0.1, -0.05) is 60.2 Å². The molecule has 6 nitrogen and oxygen atoms in total. The van der Waals surface area contributed by atoms with E-state index in [4.69, 9.17) is 0 Å². The van der Waals surface area contributed by atoms with Gasteiger partial charge in [0.1, 0.15) is 5.82 Å². The van der Waals surface area contributed by atoms with Crippen LogP contribution in [-0.2, 0) is 24.4 Å². The lowest BCUT2D eigenvalue weighted by Crippen LogP contribution is -2.42. The fourth-order valence-electron chi connectivity index (χ4n) is 3.76. The second-order valence-electron chi connectivity index (χ2n) is 7.94. The van der Waals surface area contributed by atoms with E-state index in [2.05, 4.69) is 5.32 Å². The predicted molar refractivity (Wildman–Crippen MR) is 126 cm³/mol. The zero-order valence-corrected chi connectivity index (χ0v) is 18.3. The lowest BCUT2D eigenvalue weighted by Gasteiger charge is -2.15. The number of hydrogen-bond donors (Lipinski definition) is 1. The van der Waals surface area contributed by atoms with E-state index < -0.39 is 16.9 Å². The average Bonchev–Trinajstić information content (AvgIpc) is 2.82. The fraction of sp³-hybridized carbons (Fsp3) is 0.192. The number of aromatic nitrogens is 2. The molecule has 1 heterocycles. The van der Waals surface area contributed by atoms with Gasteiger partial charge in [0.2, 0.25) is 5.91 Å². The smallest absolute Gasteiger partial charge is 0.317 e. The van der Waals surface area contributed by atoms with Gasteiger partial charge >= 0.3 is 11.1 Å². The molecule has 3 aromatic carbocycles. The highest BCUT2D eigenvalue weighted by Gasteiger charge is 2.14. The molecule has 0 radical (unpaired) electrons. The van der Waals surface area contributed by atoms with Crippen molar-refractivity contribution in [3.63, 3.8) is 0 Å². The summed E-state index contributed by atoms with van der Waals surface area (Å²) in [5, 5.41) is 2.66. The molecule has 33 heavy (non-hydrogen) atoms. The van der Waals surface area contributed by atoms with Crippen LogP contribution in [0.3, 0.4) is 0 Å². The van der Waals surface area contributed by atoms with Gasteiger partial charge in [0.05, 0.1) is 17.6 Å². The molecule has 0 atom stereocenters. The normalized spacial score (nSPS) is 11.0. The van der Waals surface area contributed by atoms with Crippen LogP contribution in [0.4, 0.5) is 4.39 Å². The lowest BCUT2D eigenvalue weighted by atomic mass is 10.1. The van der Waals surface area contributed by atoms with E-state index in [-0.39, 0.29) is 32.0 Å². The standard InChI is InChI=1S/C26H24FN3O3/c1-18-10-12-19(13-11-18)17-30-23-9-5-4-8-22(23)29(25(32)26(30)33)15-14-24(31)28-16-20-6-2-3-7-21(20)27/h2-13H,14-17H2,1H3,(H,28,31). The Bertz CT molecular complexity index is 1420. The number of carbonyl (C=O) groups is 1. The summed E-state index contributed by atoms with van der Waals surface area (Å²) in [6, 6.07) is 21.2. The molecule has 0 aliphatic carbocycles. The summed E-state index contributed by atoms with van der Waals surface area (Å²) in [6.45, 7) is 2.36. The fourth-order valence-corrected chi connectivity index (χ4v) is 3.76. The molecular formula is C26H24FN3O3. The second-order valence-corrected chi connectivity index (χ2v) is 7.94. The molecule has 0 fully saturated rings. The molecule has 0 aliphatic heterocycles. The molecule has 0 unspecified atom stereocenters. The predicted octanol–water partition coefficient (Wildman–Crippen LogP) is 3.37. The number of carbonyl (C=O) groups excluding carboxylic acids is 1. The molecule has 0 saturated carbocycles. The van der Waals surface area contributed by atoms with E-state index in [9.17, 15) is 18.8 Å². The van der Waals surface area contributed by atoms with E-state index in [0.29, 0.717) is 16.6 Å². The summed E-state index contributed by atoms with van der Waals surface area (Å²) in [7, 11) is 0. The van der Waals surface area contributed by atoms with E-state index >= 15 is 0 Å². The van der Waals surface area contributed by atoms with Crippen LogP contribution in [-0.4, -0.2) is 15.0 Å². The van der Waals surface area contributed by atoms with E-state index in [1.165, 1.54) is 15.2 Å². The maximum Gasteiger partial charge on any atom is 0.317 e. The summed E-state index contributed by atoms with van der Waals surface area (Å²) in [5.74, 6) is -0.727. The van der Waals surface area contributed by atoms with E-state index in [1.54, 1.807) is 36.4 Å². The van der Waals surface area contributed by atoms with Gasteiger partial charge in [-0.15, -0.1) is 0 Å². The Kier molecular flexibility index (Phi) is 6.49. The lowest BCUT2D eigenvalue weighted by molar-refractivity contribution is -0.121. The molecule has 1 N–H and O–H groups in total. The monoisotopic (exact) mass is 445 g/mol. The first-order chi connectivity index (χ1) is 15.9. The number of rotatable bonds is 7. The molecule has 0 spiro atoms. The van der Waals surface area contributed by atoms with Gasteiger partial charge in [0, 0.05) is 25.1 Å². The van der Waals surface area contributed by atoms with Crippen molar-refractivity contribution in [2.24, 2.45) is 0 Å². The van der Waals surface area contributed by atoms with Crippen molar-refractivity contribution in [3.8, 4) is 0 Å². The Labute approximate surface area is 189 Å². The van der Waals surface area contributed by atoms with Gasteiger partial charge in [-0.05, 0) is 30.7 Å². The van der Waals surface area contributed by atoms with E-state index in [0.717, 1.165) is 11.1 Å². The Balaban J connectivity index is 1.57. The van der Waals surface area contributed by atoms with Crippen LogP contribution >= 0.6 is 0 Å². The topological polar surface area (TPSA) is 73.1 Å². The number of halogens is 1. The summed E-state index contributed by atoms with van der Waals surface area (Å²) in [4.78, 5) is 38.2. The van der Waals surface area contributed by atoms with Crippen LogP contribution in [0.2, 0.25) is 0 Å². The number of amides is 1. The van der Waals surface area contributed by atoms with Crippen molar-refractivity contribution in [1.82, 2.24) is 14.5 Å². The highest BCUT2D eigenvalue weighted by atomic mass is 19.1. The Morgan fingerprint density at radius 3 is 2.15 bits per heavy atom. The number of para-hydroxylation sites is 2. The third kappa shape index (κ3) is 4.92. The molecule has 7 heteroatoms. The number of fused-ring (bicyclic) bond motifs is 1. The zero-order chi connectivity index (χ0) is 23.4. The molecule has 0 saturated heterocycles. The van der Waals surface area contributed by atoms with Gasteiger partial charge in [0.15, 0.2) is 0 Å². The van der Waals surface area contributed by atoms with Gasteiger partial charge in [-0.25, -0.2) is 4.39 Å². The minimum Gasteiger partial charge on any atom is -0.352 e. The molecule has 0 aliphatic rings. The number of nitrogens with one attached hydrogen (secondary N) is 1. The highest BCUT2D eigenvalue weighted by Crippen LogP contribution is 2.13. The van der Waals surface area contributed by atoms with Crippen molar-refractivity contribution < 1.29 is 9.18 Å². The highest BCUT2D eigenvalue weighted by molar-refractivity contribution is 5.77. The molecule has 1 aromatic heterocycles. The molecule has 168 valence electrons. The number of nitrogens with zero attached hydrogens (tertiary/aromatic N) is 2. The molecule has 1 amide bonds. The van der Waals surface area contributed by atoms with E-state index in [1.807, 2.05) is 37.3 Å². The molecule has 4 rings (SSSR count). The van der Waals surface area contributed by atoms with Crippen molar-refractivity contribution in [2.45, 2.75) is 33.0 Å². The molecular weight excluding hydrogens is 421 g/mol. The average molecular weight is 445 g/mol. The Morgan fingerprint density at radius 2 is 1.45 bits per heavy atom. The van der Waals surface area contributed by atoms with Crippen LogP contribution < -0.4 is 16.4 Å². The summed E-state index contributed by atoms with van der Waals surface area (Å²) >= 11 is 0. The summed E-state index contributed by atoms with van der Waals surface area (Å²) < 4.78 is 16.6. The minimum atomic E-state index is -0.678. The summed E-state index contributed by atoms with van der Waals surface area (Å²) in [6.07, 6.45) is -0.0141. The van der Waals surface area contributed by atoms with Crippen LogP contribution in [0.25, 0.3) is 11.0 Å². The van der Waals surface area contributed by atoms with Gasteiger partial charge in [0.25, 0.3) is 0 Å². The van der Waals surface area contributed by atoms with Gasteiger partial charge in [-0.2, -0.15) is 0 Å². The van der Waals surface area contributed by atoms with Crippen molar-refractivity contribution in [3.05, 3.63) is 116 Å². The number of aryl methyl sites for hydroxylation is 2. The third-order valence-electron chi connectivity index (χ3n) is 5.59. The van der Waals surface area contributed by atoms with Crippen molar-refractivity contribution >= 4 is 16.9 Å². The van der Waals surface area contributed by atoms with Crippen LogP contribution in [0.15, 0.2) is 82.4 Å².